The van der Waals surface area contributed by atoms with Crippen molar-refractivity contribution >= 4 is 0 Å². The average molecular weight is 194 g/mol. The van der Waals surface area contributed by atoms with Crippen LogP contribution in [0.2, 0.25) is 0 Å². The third kappa shape index (κ3) is 1.73. The highest BCUT2D eigenvalue weighted by atomic mass is 14.5. The standard InChI is InChI=1S/C14H26/c1-4-6-13-10(2)9-12-7-5-8-14(12)11(13)3/h10-14H,4-9H2,1-3H3. The lowest BCUT2D eigenvalue weighted by atomic mass is 9.63. The van der Waals surface area contributed by atoms with E-state index in [4.69, 9.17) is 0 Å². The fourth-order valence-corrected chi connectivity index (χ4v) is 4.42. The van der Waals surface area contributed by atoms with E-state index in [9.17, 15) is 0 Å². The molecule has 0 radical (unpaired) electrons. The predicted molar refractivity (Wildman–Crippen MR) is 62.2 cm³/mol. The van der Waals surface area contributed by atoms with Crippen molar-refractivity contribution in [2.45, 2.75) is 59.3 Å². The molecule has 0 amide bonds. The minimum absolute atomic E-state index is 1.00. The quantitative estimate of drug-likeness (QED) is 0.607. The highest BCUT2D eigenvalue weighted by molar-refractivity contribution is 4.91. The Morgan fingerprint density at radius 1 is 1.14 bits per heavy atom. The first-order valence-electron chi connectivity index (χ1n) is 6.74. The van der Waals surface area contributed by atoms with Crippen molar-refractivity contribution < 1.29 is 0 Å². The summed E-state index contributed by atoms with van der Waals surface area (Å²) in [6.07, 6.45) is 9.00. The molecular formula is C14H26. The second-order valence-corrected chi connectivity index (χ2v) is 5.88. The van der Waals surface area contributed by atoms with Gasteiger partial charge in [0.1, 0.15) is 0 Å². The number of hydrogen-bond acceptors (Lipinski definition) is 0. The van der Waals surface area contributed by atoms with Crippen LogP contribution in [0.1, 0.15) is 59.3 Å². The van der Waals surface area contributed by atoms with Crippen LogP contribution in [0.4, 0.5) is 0 Å². The minimum atomic E-state index is 1.00. The molecule has 0 heteroatoms. The lowest BCUT2D eigenvalue weighted by Crippen LogP contribution is -2.35. The Kier molecular flexibility index (Phi) is 3.19. The van der Waals surface area contributed by atoms with E-state index in [1.807, 2.05) is 0 Å². The second-order valence-electron chi connectivity index (χ2n) is 5.88. The van der Waals surface area contributed by atoms with Gasteiger partial charge in [-0.15, -0.1) is 0 Å². The van der Waals surface area contributed by atoms with E-state index in [0.29, 0.717) is 0 Å². The van der Waals surface area contributed by atoms with Crippen LogP contribution in [0.15, 0.2) is 0 Å². The zero-order valence-electron chi connectivity index (χ0n) is 10.1. The normalized spacial score (nSPS) is 47.8. The van der Waals surface area contributed by atoms with Crippen LogP contribution < -0.4 is 0 Å². The SMILES string of the molecule is CCCC1C(C)CC2CCCC2C1C. The van der Waals surface area contributed by atoms with E-state index in [2.05, 4.69) is 20.8 Å². The van der Waals surface area contributed by atoms with Crippen LogP contribution in [0.5, 0.6) is 0 Å². The Balaban J connectivity index is 2.04. The first kappa shape index (κ1) is 10.5. The van der Waals surface area contributed by atoms with Crippen LogP contribution in [0, 0.1) is 29.6 Å². The molecule has 5 unspecified atom stereocenters. The molecule has 82 valence electrons. The fourth-order valence-electron chi connectivity index (χ4n) is 4.42. The first-order chi connectivity index (χ1) is 6.74. The molecule has 0 aromatic carbocycles. The van der Waals surface area contributed by atoms with Gasteiger partial charge >= 0.3 is 0 Å². The monoisotopic (exact) mass is 194 g/mol. The van der Waals surface area contributed by atoms with Gasteiger partial charge in [0, 0.05) is 0 Å². The van der Waals surface area contributed by atoms with Gasteiger partial charge in [0.05, 0.1) is 0 Å². The van der Waals surface area contributed by atoms with Gasteiger partial charge in [0.15, 0.2) is 0 Å². The summed E-state index contributed by atoms with van der Waals surface area (Å²) < 4.78 is 0. The van der Waals surface area contributed by atoms with Gasteiger partial charge in [0.25, 0.3) is 0 Å². The van der Waals surface area contributed by atoms with Crippen molar-refractivity contribution in [1.29, 1.82) is 0 Å². The maximum absolute atomic E-state index is 2.54. The van der Waals surface area contributed by atoms with E-state index in [-0.39, 0.29) is 0 Å². The molecular weight excluding hydrogens is 168 g/mol. The summed E-state index contributed by atoms with van der Waals surface area (Å²) in [6, 6.07) is 0. The molecule has 14 heavy (non-hydrogen) atoms. The minimum Gasteiger partial charge on any atom is -0.0654 e. The van der Waals surface area contributed by atoms with Crippen LogP contribution >= 0.6 is 0 Å². The smallest absolute Gasteiger partial charge is 0.0357 e. The van der Waals surface area contributed by atoms with E-state index < -0.39 is 0 Å². The maximum atomic E-state index is 2.54. The molecule has 0 heterocycles. The molecule has 2 fully saturated rings. The van der Waals surface area contributed by atoms with Gasteiger partial charge in [0.2, 0.25) is 0 Å². The third-order valence-corrected chi connectivity index (χ3v) is 5.10. The van der Waals surface area contributed by atoms with Gasteiger partial charge in [-0.2, -0.15) is 0 Å². The molecule has 2 rings (SSSR count). The van der Waals surface area contributed by atoms with Crippen LogP contribution in [-0.4, -0.2) is 0 Å². The average Bonchev–Trinajstić information content (AvgIpc) is 2.60. The number of fused-ring (bicyclic) bond motifs is 1. The summed E-state index contributed by atoms with van der Waals surface area (Å²) in [6.45, 7) is 7.39. The molecule has 0 bridgehead atoms. The van der Waals surface area contributed by atoms with Gasteiger partial charge in [-0.1, -0.05) is 46.5 Å². The van der Waals surface area contributed by atoms with Gasteiger partial charge in [-0.05, 0) is 42.4 Å². The van der Waals surface area contributed by atoms with Crippen LogP contribution in [0.3, 0.4) is 0 Å². The summed E-state index contributed by atoms with van der Waals surface area (Å²) in [4.78, 5) is 0. The molecule has 0 N–H and O–H groups in total. The maximum Gasteiger partial charge on any atom is -0.0357 e. The van der Waals surface area contributed by atoms with Crippen LogP contribution in [-0.2, 0) is 0 Å². The predicted octanol–water partition coefficient (Wildman–Crippen LogP) is 4.49. The third-order valence-electron chi connectivity index (χ3n) is 5.10. The second kappa shape index (κ2) is 4.24. The Morgan fingerprint density at radius 3 is 2.64 bits per heavy atom. The Hall–Kier alpha value is 0. The number of hydrogen-bond donors (Lipinski definition) is 0. The zero-order valence-corrected chi connectivity index (χ0v) is 10.1. The molecule has 2 aliphatic rings. The molecule has 0 aliphatic heterocycles. The van der Waals surface area contributed by atoms with Crippen molar-refractivity contribution in [3.63, 3.8) is 0 Å². The van der Waals surface area contributed by atoms with E-state index in [1.165, 1.54) is 25.7 Å². The van der Waals surface area contributed by atoms with Gasteiger partial charge in [-0.3, -0.25) is 0 Å². The van der Waals surface area contributed by atoms with Crippen LogP contribution in [0.25, 0.3) is 0 Å². The molecule has 0 nitrogen and oxygen atoms in total. The molecule has 0 spiro atoms. The lowest BCUT2D eigenvalue weighted by Gasteiger charge is -2.42. The lowest BCUT2D eigenvalue weighted by molar-refractivity contribution is 0.0673. The van der Waals surface area contributed by atoms with E-state index in [0.717, 1.165) is 29.6 Å². The Morgan fingerprint density at radius 2 is 1.93 bits per heavy atom. The molecule has 2 aliphatic carbocycles. The Labute approximate surface area is 89.5 Å². The van der Waals surface area contributed by atoms with E-state index in [1.54, 1.807) is 12.8 Å². The van der Waals surface area contributed by atoms with Gasteiger partial charge in [-0.25, -0.2) is 0 Å². The first-order valence-corrected chi connectivity index (χ1v) is 6.74. The number of rotatable bonds is 2. The van der Waals surface area contributed by atoms with Crippen molar-refractivity contribution in [3.05, 3.63) is 0 Å². The summed E-state index contributed by atoms with van der Waals surface area (Å²) in [5, 5.41) is 0. The van der Waals surface area contributed by atoms with E-state index >= 15 is 0 Å². The molecule has 0 aromatic rings. The molecule has 0 saturated heterocycles. The highest BCUT2D eigenvalue weighted by Gasteiger charge is 2.41. The summed E-state index contributed by atoms with van der Waals surface area (Å²) in [5.74, 6) is 5.27. The van der Waals surface area contributed by atoms with Crippen molar-refractivity contribution in [1.82, 2.24) is 0 Å². The summed E-state index contributed by atoms with van der Waals surface area (Å²) in [5.41, 5.74) is 0. The Bertz CT molecular complexity index is 184. The molecule has 0 aromatic heterocycles. The molecule has 5 atom stereocenters. The summed E-state index contributed by atoms with van der Waals surface area (Å²) >= 11 is 0. The van der Waals surface area contributed by atoms with Crippen molar-refractivity contribution in [2.75, 3.05) is 0 Å². The fraction of sp³-hybridized carbons (Fsp3) is 1.00. The highest BCUT2D eigenvalue weighted by Crippen LogP contribution is 2.50. The van der Waals surface area contributed by atoms with Crippen molar-refractivity contribution in [3.8, 4) is 0 Å². The molecule has 2 saturated carbocycles. The zero-order chi connectivity index (χ0) is 10.1. The topological polar surface area (TPSA) is 0 Å². The largest absolute Gasteiger partial charge is 0.0654 e. The summed E-state index contributed by atoms with van der Waals surface area (Å²) in [7, 11) is 0. The van der Waals surface area contributed by atoms with Crippen molar-refractivity contribution in [2.24, 2.45) is 29.6 Å². The van der Waals surface area contributed by atoms with Gasteiger partial charge < -0.3 is 0 Å².